The zero-order chi connectivity index (χ0) is 23.1. The number of rotatable bonds is 10. The van der Waals surface area contributed by atoms with Crippen LogP contribution in [-0.4, -0.2) is 26.7 Å². The van der Waals surface area contributed by atoms with Crippen LogP contribution in [-0.2, 0) is 18.3 Å². The molecule has 0 bridgehead atoms. The number of nitrogens with one attached hydrogen (secondary N) is 1. The fraction of sp³-hybridized carbons (Fsp3) is 0.370. The molecule has 1 N–H and O–H groups in total. The van der Waals surface area contributed by atoms with E-state index < -0.39 is 0 Å². The lowest BCUT2D eigenvalue weighted by Gasteiger charge is -2.24. The highest BCUT2D eigenvalue weighted by Crippen LogP contribution is 2.32. The van der Waals surface area contributed by atoms with E-state index in [-0.39, 0.29) is 11.3 Å². The van der Waals surface area contributed by atoms with Crippen molar-refractivity contribution in [3.63, 3.8) is 0 Å². The van der Waals surface area contributed by atoms with Gasteiger partial charge in [-0.25, -0.2) is 0 Å². The van der Waals surface area contributed by atoms with Gasteiger partial charge in [0.1, 0.15) is 17.3 Å². The normalized spacial score (nSPS) is 11.3. The third kappa shape index (κ3) is 5.72. The fourth-order valence-electron chi connectivity index (χ4n) is 3.56. The first-order valence-electron chi connectivity index (χ1n) is 11.0. The van der Waals surface area contributed by atoms with Crippen LogP contribution in [0.3, 0.4) is 0 Å². The molecule has 170 valence electrons. The molecule has 0 aliphatic carbocycles. The Balaban J connectivity index is 1.64. The van der Waals surface area contributed by atoms with Gasteiger partial charge in [-0.05, 0) is 59.7 Å². The summed E-state index contributed by atoms with van der Waals surface area (Å²) in [7, 11) is 3.32. The summed E-state index contributed by atoms with van der Waals surface area (Å²) in [5.74, 6) is 2.46. The minimum atomic E-state index is -0.216. The van der Waals surface area contributed by atoms with Gasteiger partial charge in [-0.1, -0.05) is 45.0 Å². The van der Waals surface area contributed by atoms with Gasteiger partial charge < -0.3 is 19.2 Å². The van der Waals surface area contributed by atoms with Crippen LogP contribution in [0.2, 0.25) is 0 Å². The first-order chi connectivity index (χ1) is 15.4. The molecule has 0 aliphatic heterocycles. The minimum absolute atomic E-state index is 0.0814. The number of ether oxygens (including phenoxy) is 2. The molecule has 0 radical (unpaired) electrons. The predicted octanol–water partition coefficient (Wildman–Crippen LogP) is 5.55. The molecule has 3 aromatic rings. The average Bonchev–Trinajstić information content (AvgIpc) is 3.27. The number of methoxy groups -OCH3 is 2. The van der Waals surface area contributed by atoms with Crippen molar-refractivity contribution in [2.45, 2.75) is 45.4 Å². The maximum absolute atomic E-state index is 12.5. The standard InChI is InChI=1S/C27H33NO4/c1-6-27(2,3)21-10-12-24(31-5)20(17-21)18-23-11-13-25(32-23)26(29)28-15-14-19-8-7-9-22(16-19)30-4/h7-13,16-17H,6,14-15,18H2,1-5H3,(H,28,29). The van der Waals surface area contributed by atoms with Crippen LogP contribution in [0.25, 0.3) is 0 Å². The molecule has 2 aromatic carbocycles. The Labute approximate surface area is 190 Å². The van der Waals surface area contributed by atoms with Crippen molar-refractivity contribution >= 4 is 5.91 Å². The molecule has 0 saturated carbocycles. The Morgan fingerprint density at radius 2 is 1.84 bits per heavy atom. The highest BCUT2D eigenvalue weighted by Gasteiger charge is 2.20. The zero-order valence-electron chi connectivity index (χ0n) is 19.7. The third-order valence-corrected chi connectivity index (χ3v) is 6.03. The van der Waals surface area contributed by atoms with E-state index >= 15 is 0 Å². The van der Waals surface area contributed by atoms with E-state index in [1.165, 1.54) is 5.56 Å². The number of carbonyl (C=O) groups is 1. The van der Waals surface area contributed by atoms with Gasteiger partial charge in [0.25, 0.3) is 5.91 Å². The maximum atomic E-state index is 12.5. The fourth-order valence-corrected chi connectivity index (χ4v) is 3.56. The Bertz CT molecular complexity index is 1050. The number of amides is 1. The van der Waals surface area contributed by atoms with Gasteiger partial charge in [-0.15, -0.1) is 0 Å². The minimum Gasteiger partial charge on any atom is -0.497 e. The van der Waals surface area contributed by atoms with Crippen LogP contribution in [0.1, 0.15) is 60.2 Å². The molecule has 32 heavy (non-hydrogen) atoms. The summed E-state index contributed by atoms with van der Waals surface area (Å²) in [5.41, 5.74) is 3.49. The van der Waals surface area contributed by atoms with Gasteiger partial charge in [0.15, 0.2) is 5.76 Å². The summed E-state index contributed by atoms with van der Waals surface area (Å²) in [4.78, 5) is 12.5. The number of carbonyl (C=O) groups excluding carboxylic acids is 1. The van der Waals surface area contributed by atoms with E-state index in [1.807, 2.05) is 36.4 Å². The summed E-state index contributed by atoms with van der Waals surface area (Å²) in [5, 5.41) is 2.92. The smallest absolute Gasteiger partial charge is 0.287 e. The molecule has 3 rings (SSSR count). The number of benzene rings is 2. The maximum Gasteiger partial charge on any atom is 0.287 e. The number of hydrogen-bond donors (Lipinski definition) is 1. The van der Waals surface area contributed by atoms with Crippen LogP contribution >= 0.6 is 0 Å². The van der Waals surface area contributed by atoms with Gasteiger partial charge in [-0.3, -0.25) is 4.79 Å². The van der Waals surface area contributed by atoms with Gasteiger partial charge in [0.05, 0.1) is 14.2 Å². The second kappa shape index (κ2) is 10.4. The predicted molar refractivity (Wildman–Crippen MR) is 127 cm³/mol. The van der Waals surface area contributed by atoms with Crippen LogP contribution in [0.5, 0.6) is 11.5 Å². The summed E-state index contributed by atoms with van der Waals surface area (Å²) < 4.78 is 16.6. The zero-order valence-corrected chi connectivity index (χ0v) is 19.7. The van der Waals surface area contributed by atoms with Crippen LogP contribution in [0, 0.1) is 0 Å². The summed E-state index contributed by atoms with van der Waals surface area (Å²) in [6.07, 6.45) is 2.32. The van der Waals surface area contributed by atoms with Crippen molar-refractivity contribution in [1.29, 1.82) is 0 Å². The molecule has 1 heterocycles. The molecule has 5 heteroatoms. The van der Waals surface area contributed by atoms with Crippen LogP contribution < -0.4 is 14.8 Å². The van der Waals surface area contributed by atoms with E-state index in [1.54, 1.807) is 20.3 Å². The lowest BCUT2D eigenvalue weighted by molar-refractivity contribution is 0.0925. The topological polar surface area (TPSA) is 60.7 Å². The lowest BCUT2D eigenvalue weighted by Crippen LogP contribution is -2.25. The first-order valence-corrected chi connectivity index (χ1v) is 11.0. The van der Waals surface area contributed by atoms with Gasteiger partial charge in [-0.2, -0.15) is 0 Å². The lowest BCUT2D eigenvalue weighted by atomic mass is 9.81. The van der Waals surface area contributed by atoms with Gasteiger partial charge >= 0.3 is 0 Å². The van der Waals surface area contributed by atoms with Crippen molar-refractivity contribution in [3.8, 4) is 11.5 Å². The molecular weight excluding hydrogens is 402 g/mol. The largest absolute Gasteiger partial charge is 0.497 e. The molecule has 0 aliphatic rings. The molecule has 1 amide bonds. The molecule has 0 atom stereocenters. The Morgan fingerprint density at radius 1 is 1.03 bits per heavy atom. The SMILES string of the molecule is CCC(C)(C)c1ccc(OC)c(Cc2ccc(C(=O)NCCc3cccc(OC)c3)o2)c1. The van der Waals surface area contributed by atoms with Crippen molar-refractivity contribution < 1.29 is 18.7 Å². The van der Waals surface area contributed by atoms with Crippen molar-refractivity contribution in [1.82, 2.24) is 5.32 Å². The van der Waals surface area contributed by atoms with Crippen molar-refractivity contribution in [3.05, 3.63) is 82.8 Å². The Morgan fingerprint density at radius 3 is 2.56 bits per heavy atom. The highest BCUT2D eigenvalue weighted by atomic mass is 16.5. The molecule has 0 saturated heterocycles. The summed E-state index contributed by atoms with van der Waals surface area (Å²) in [6, 6.07) is 17.7. The van der Waals surface area contributed by atoms with Gasteiger partial charge in [0.2, 0.25) is 0 Å². The quantitative estimate of drug-likeness (QED) is 0.454. The Kier molecular flexibility index (Phi) is 7.62. The van der Waals surface area contributed by atoms with Crippen molar-refractivity contribution in [2.75, 3.05) is 20.8 Å². The van der Waals surface area contributed by atoms with E-state index in [4.69, 9.17) is 13.9 Å². The first kappa shape index (κ1) is 23.5. The summed E-state index contributed by atoms with van der Waals surface area (Å²) >= 11 is 0. The highest BCUT2D eigenvalue weighted by molar-refractivity contribution is 5.91. The van der Waals surface area contributed by atoms with Gasteiger partial charge in [0, 0.05) is 18.5 Å². The second-order valence-electron chi connectivity index (χ2n) is 8.56. The van der Waals surface area contributed by atoms with Crippen molar-refractivity contribution in [2.24, 2.45) is 0 Å². The monoisotopic (exact) mass is 435 g/mol. The van der Waals surface area contributed by atoms with E-state index in [0.29, 0.717) is 25.1 Å². The molecular formula is C27H33NO4. The Hall–Kier alpha value is -3.21. The summed E-state index contributed by atoms with van der Waals surface area (Å²) in [6.45, 7) is 7.18. The average molecular weight is 436 g/mol. The molecule has 0 unspecified atom stereocenters. The van der Waals surface area contributed by atoms with E-state index in [9.17, 15) is 4.79 Å². The molecule has 0 fully saturated rings. The van der Waals surface area contributed by atoms with E-state index in [2.05, 4.69) is 38.2 Å². The number of hydrogen-bond acceptors (Lipinski definition) is 4. The molecule has 1 aromatic heterocycles. The second-order valence-corrected chi connectivity index (χ2v) is 8.56. The van der Waals surface area contributed by atoms with Crippen LogP contribution in [0.4, 0.5) is 0 Å². The molecule has 0 spiro atoms. The van der Waals surface area contributed by atoms with E-state index in [0.717, 1.165) is 34.8 Å². The third-order valence-electron chi connectivity index (χ3n) is 6.03. The number of furan rings is 1. The van der Waals surface area contributed by atoms with Crippen LogP contribution in [0.15, 0.2) is 59.0 Å². The molecule has 5 nitrogen and oxygen atoms in total.